The summed E-state index contributed by atoms with van der Waals surface area (Å²) in [7, 11) is -0.923. The van der Waals surface area contributed by atoms with E-state index in [-0.39, 0.29) is 11.3 Å². The van der Waals surface area contributed by atoms with Crippen molar-refractivity contribution in [1.29, 1.82) is 0 Å². The summed E-state index contributed by atoms with van der Waals surface area (Å²) in [5.74, 6) is 0.462. The lowest BCUT2D eigenvalue weighted by Gasteiger charge is -2.19. The quantitative estimate of drug-likeness (QED) is 0.446. The number of anilines is 1. The fraction of sp³-hybridized carbons (Fsp3) is 0.174. The molecule has 3 aromatic rings. The average Bonchev–Trinajstić information content (AvgIpc) is 2.79. The zero-order valence-electron chi connectivity index (χ0n) is 17.5. The van der Waals surface area contributed by atoms with E-state index in [0.717, 1.165) is 10.0 Å². The van der Waals surface area contributed by atoms with Gasteiger partial charge in [0.15, 0.2) is 11.5 Å². The summed E-state index contributed by atoms with van der Waals surface area (Å²) in [6.45, 7) is 0. The highest BCUT2D eigenvalue weighted by atomic mass is 79.9. The Morgan fingerprint density at radius 1 is 0.938 bits per heavy atom. The SMILES string of the molecule is COc1ccc(NC(=O)[C@H](Cc2ccccc2)NS(=O)(=O)c2ccc(Br)cc2)cc1OC. The second-order valence-corrected chi connectivity index (χ2v) is 9.51. The molecule has 3 aromatic carbocycles. The summed E-state index contributed by atoms with van der Waals surface area (Å²) in [5, 5.41) is 2.76. The Balaban J connectivity index is 1.86. The fourth-order valence-corrected chi connectivity index (χ4v) is 4.51. The Labute approximate surface area is 195 Å². The van der Waals surface area contributed by atoms with Crippen LogP contribution in [0.5, 0.6) is 11.5 Å². The maximum atomic E-state index is 13.1. The maximum Gasteiger partial charge on any atom is 0.242 e. The van der Waals surface area contributed by atoms with E-state index < -0.39 is 22.0 Å². The lowest BCUT2D eigenvalue weighted by Crippen LogP contribution is -2.45. The number of hydrogen-bond acceptors (Lipinski definition) is 5. The first-order chi connectivity index (χ1) is 15.3. The highest BCUT2D eigenvalue weighted by Crippen LogP contribution is 2.30. The van der Waals surface area contributed by atoms with Crippen LogP contribution in [0.2, 0.25) is 0 Å². The van der Waals surface area contributed by atoms with Gasteiger partial charge in [0, 0.05) is 16.2 Å². The Morgan fingerprint density at radius 2 is 1.59 bits per heavy atom. The molecule has 0 spiro atoms. The first kappa shape index (κ1) is 23.8. The Hall–Kier alpha value is -2.88. The standard InChI is InChI=1S/C23H23BrN2O5S/c1-30-21-13-10-18(15-22(21)31-2)25-23(27)20(14-16-6-4-3-5-7-16)26-32(28,29)19-11-8-17(24)9-12-19/h3-13,15,20,26H,14H2,1-2H3,(H,25,27)/t20-/m0/s1. The molecule has 1 atom stereocenters. The third-order valence-electron chi connectivity index (χ3n) is 4.67. The van der Waals surface area contributed by atoms with Gasteiger partial charge in [-0.15, -0.1) is 0 Å². The number of benzene rings is 3. The van der Waals surface area contributed by atoms with Crippen molar-refractivity contribution in [3.63, 3.8) is 0 Å². The van der Waals surface area contributed by atoms with Gasteiger partial charge in [-0.3, -0.25) is 4.79 Å². The minimum Gasteiger partial charge on any atom is -0.493 e. The van der Waals surface area contributed by atoms with Crippen LogP contribution in [0.15, 0.2) is 82.2 Å². The average molecular weight is 519 g/mol. The highest BCUT2D eigenvalue weighted by Gasteiger charge is 2.26. The van der Waals surface area contributed by atoms with Crippen molar-refractivity contribution >= 4 is 37.5 Å². The molecule has 0 bridgehead atoms. The van der Waals surface area contributed by atoms with Gasteiger partial charge < -0.3 is 14.8 Å². The number of hydrogen-bond donors (Lipinski definition) is 2. The molecule has 0 aliphatic carbocycles. The van der Waals surface area contributed by atoms with Crippen molar-refractivity contribution < 1.29 is 22.7 Å². The van der Waals surface area contributed by atoms with Crippen LogP contribution in [-0.2, 0) is 21.2 Å². The number of sulfonamides is 1. The van der Waals surface area contributed by atoms with Crippen LogP contribution in [-0.4, -0.2) is 34.6 Å². The van der Waals surface area contributed by atoms with Gasteiger partial charge in [-0.25, -0.2) is 8.42 Å². The van der Waals surface area contributed by atoms with E-state index in [9.17, 15) is 13.2 Å². The number of amides is 1. The fourth-order valence-electron chi connectivity index (χ4n) is 3.05. The number of nitrogens with one attached hydrogen (secondary N) is 2. The summed E-state index contributed by atoms with van der Waals surface area (Å²) in [6, 6.07) is 19.3. The number of ether oxygens (including phenoxy) is 2. The zero-order valence-corrected chi connectivity index (χ0v) is 19.9. The molecule has 0 saturated heterocycles. The van der Waals surface area contributed by atoms with Crippen molar-refractivity contribution in [1.82, 2.24) is 4.72 Å². The summed E-state index contributed by atoms with van der Waals surface area (Å²) in [6.07, 6.45) is 0.176. The molecule has 0 aromatic heterocycles. The molecule has 9 heteroatoms. The third-order valence-corrected chi connectivity index (χ3v) is 6.69. The molecule has 0 saturated carbocycles. The minimum absolute atomic E-state index is 0.0673. The second-order valence-electron chi connectivity index (χ2n) is 6.88. The van der Waals surface area contributed by atoms with Crippen molar-refractivity contribution in [3.8, 4) is 11.5 Å². The first-order valence-corrected chi connectivity index (χ1v) is 11.9. The molecule has 168 valence electrons. The Bertz CT molecular complexity index is 1170. The monoisotopic (exact) mass is 518 g/mol. The molecule has 7 nitrogen and oxygen atoms in total. The number of rotatable bonds is 9. The Morgan fingerprint density at radius 3 is 2.22 bits per heavy atom. The van der Waals surface area contributed by atoms with Crippen LogP contribution in [0.4, 0.5) is 5.69 Å². The van der Waals surface area contributed by atoms with E-state index in [2.05, 4.69) is 26.0 Å². The van der Waals surface area contributed by atoms with Gasteiger partial charge in [0.1, 0.15) is 6.04 Å². The van der Waals surface area contributed by atoms with Crippen molar-refractivity contribution in [2.45, 2.75) is 17.4 Å². The van der Waals surface area contributed by atoms with Crippen LogP contribution in [0, 0.1) is 0 Å². The molecule has 0 fully saturated rings. The smallest absolute Gasteiger partial charge is 0.242 e. The Kier molecular flexibility index (Phi) is 7.89. The second kappa shape index (κ2) is 10.6. The predicted molar refractivity (Wildman–Crippen MR) is 127 cm³/mol. The normalized spacial score (nSPS) is 12.1. The van der Waals surface area contributed by atoms with Gasteiger partial charge in [0.2, 0.25) is 15.9 Å². The van der Waals surface area contributed by atoms with Crippen LogP contribution in [0.25, 0.3) is 0 Å². The topological polar surface area (TPSA) is 93.7 Å². The van der Waals surface area contributed by atoms with Gasteiger partial charge in [-0.1, -0.05) is 46.3 Å². The van der Waals surface area contributed by atoms with E-state index in [4.69, 9.17) is 9.47 Å². The van der Waals surface area contributed by atoms with Crippen molar-refractivity contribution in [3.05, 3.63) is 82.8 Å². The predicted octanol–water partition coefficient (Wildman–Crippen LogP) is 3.99. The molecule has 1 amide bonds. The molecule has 0 radical (unpaired) electrons. The molecule has 0 aliphatic heterocycles. The number of halogens is 1. The lowest BCUT2D eigenvalue weighted by atomic mass is 10.1. The van der Waals surface area contributed by atoms with Crippen LogP contribution in [0.1, 0.15) is 5.56 Å². The van der Waals surface area contributed by atoms with E-state index in [0.29, 0.717) is 17.2 Å². The number of carbonyl (C=O) groups is 1. The van der Waals surface area contributed by atoms with E-state index >= 15 is 0 Å². The zero-order chi connectivity index (χ0) is 23.1. The molecular formula is C23H23BrN2O5S. The summed E-state index contributed by atoms with van der Waals surface area (Å²) in [4.78, 5) is 13.2. The van der Waals surface area contributed by atoms with Gasteiger partial charge in [0.25, 0.3) is 0 Å². The maximum absolute atomic E-state index is 13.1. The lowest BCUT2D eigenvalue weighted by molar-refractivity contribution is -0.117. The van der Waals surface area contributed by atoms with E-state index in [1.165, 1.54) is 26.4 Å². The number of carbonyl (C=O) groups excluding carboxylic acids is 1. The molecule has 0 unspecified atom stereocenters. The van der Waals surface area contributed by atoms with Crippen LogP contribution >= 0.6 is 15.9 Å². The van der Waals surface area contributed by atoms with Gasteiger partial charge in [-0.2, -0.15) is 4.72 Å². The van der Waals surface area contributed by atoms with Gasteiger partial charge in [-0.05, 0) is 48.4 Å². The molecule has 0 heterocycles. The largest absolute Gasteiger partial charge is 0.493 e. The molecule has 0 aliphatic rings. The van der Waals surface area contributed by atoms with E-state index in [1.807, 2.05) is 30.3 Å². The number of methoxy groups -OCH3 is 2. The minimum atomic E-state index is -3.93. The summed E-state index contributed by atoms with van der Waals surface area (Å²) in [5.41, 5.74) is 1.27. The first-order valence-electron chi connectivity index (χ1n) is 9.67. The molecule has 2 N–H and O–H groups in total. The third kappa shape index (κ3) is 6.09. The van der Waals surface area contributed by atoms with E-state index in [1.54, 1.807) is 30.3 Å². The molecule has 32 heavy (non-hydrogen) atoms. The molecule has 3 rings (SSSR count). The summed E-state index contributed by atoms with van der Waals surface area (Å²) >= 11 is 3.29. The molecular weight excluding hydrogens is 496 g/mol. The summed E-state index contributed by atoms with van der Waals surface area (Å²) < 4.78 is 39.7. The van der Waals surface area contributed by atoms with Crippen LogP contribution in [0.3, 0.4) is 0 Å². The van der Waals surface area contributed by atoms with Gasteiger partial charge in [0.05, 0.1) is 19.1 Å². The van der Waals surface area contributed by atoms with Crippen molar-refractivity contribution in [2.75, 3.05) is 19.5 Å². The van der Waals surface area contributed by atoms with Crippen LogP contribution < -0.4 is 19.5 Å². The highest BCUT2D eigenvalue weighted by molar-refractivity contribution is 9.10. The van der Waals surface area contributed by atoms with Crippen molar-refractivity contribution in [2.24, 2.45) is 0 Å². The van der Waals surface area contributed by atoms with Gasteiger partial charge >= 0.3 is 0 Å².